The van der Waals surface area contributed by atoms with Gasteiger partial charge in [0.15, 0.2) is 0 Å². The van der Waals surface area contributed by atoms with Gasteiger partial charge in [-0.1, -0.05) is 78.9 Å². The van der Waals surface area contributed by atoms with Crippen molar-refractivity contribution in [2.45, 2.75) is 38.9 Å². The number of aliphatic hydroxyl groups excluding tert-OH is 1. The summed E-state index contributed by atoms with van der Waals surface area (Å²) in [5.41, 5.74) is 3.05. The molecule has 11 heteroatoms. The van der Waals surface area contributed by atoms with Crippen LogP contribution in [0.2, 0.25) is 0 Å². The van der Waals surface area contributed by atoms with Gasteiger partial charge in [0.25, 0.3) is 0 Å². The lowest BCUT2D eigenvalue weighted by molar-refractivity contribution is -0.274. The molecule has 1 heterocycles. The molecule has 0 radical (unpaired) electrons. The molecule has 0 fully saturated rings. The van der Waals surface area contributed by atoms with E-state index < -0.39 is 14.1 Å². The molecule has 5 rings (SSSR count). The average molecular weight is 623 g/mol. The van der Waals surface area contributed by atoms with Crippen LogP contribution in [0.25, 0.3) is 5.57 Å². The van der Waals surface area contributed by atoms with Crippen molar-refractivity contribution in [1.29, 1.82) is 0 Å². The van der Waals surface area contributed by atoms with Gasteiger partial charge in [-0.3, -0.25) is 0 Å². The third-order valence-electron chi connectivity index (χ3n) is 6.77. The van der Waals surface area contributed by atoms with Crippen molar-refractivity contribution < 1.29 is 36.6 Å². The van der Waals surface area contributed by atoms with Crippen LogP contribution in [0.15, 0.2) is 120 Å². The minimum absolute atomic E-state index is 0.0931. The third-order valence-corrected chi connectivity index (χ3v) is 8.13. The highest BCUT2D eigenvalue weighted by Crippen LogP contribution is 2.51. The first-order valence-corrected chi connectivity index (χ1v) is 15.3. The van der Waals surface area contributed by atoms with Gasteiger partial charge in [0, 0.05) is 19.0 Å². The largest absolute Gasteiger partial charge is 0.573 e. The minimum Gasteiger partial charge on any atom is -0.406 e. The summed E-state index contributed by atoms with van der Waals surface area (Å²) in [6.07, 6.45) is -2.59. The quantitative estimate of drug-likeness (QED) is 0.179. The molecule has 0 saturated heterocycles. The first kappa shape index (κ1) is 30.9. The third kappa shape index (κ3) is 8.30. The van der Waals surface area contributed by atoms with Crippen LogP contribution in [0.5, 0.6) is 17.2 Å². The summed E-state index contributed by atoms with van der Waals surface area (Å²) in [5, 5.41) is 9.48. The average Bonchev–Trinajstić information content (AvgIpc) is 2.99. The lowest BCUT2D eigenvalue weighted by Gasteiger charge is -2.36. The van der Waals surface area contributed by atoms with Gasteiger partial charge in [0.1, 0.15) is 23.1 Å². The Bertz CT molecular complexity index is 1620. The molecule has 0 aliphatic carbocycles. The molecule has 4 aromatic carbocycles. The number of benzene rings is 4. The van der Waals surface area contributed by atoms with Crippen molar-refractivity contribution in [2.75, 3.05) is 0 Å². The zero-order chi connectivity index (χ0) is 31.2. The number of ether oxygens (including phenoxy) is 1. The van der Waals surface area contributed by atoms with Crippen LogP contribution in [0.1, 0.15) is 30.0 Å². The molecule has 7 nitrogen and oxygen atoms in total. The van der Waals surface area contributed by atoms with E-state index in [0.717, 1.165) is 16.7 Å². The highest BCUT2D eigenvalue weighted by atomic mass is 31.2. The smallest absolute Gasteiger partial charge is 0.406 e. The van der Waals surface area contributed by atoms with Gasteiger partial charge < -0.3 is 23.8 Å². The highest BCUT2D eigenvalue weighted by Gasteiger charge is 2.34. The minimum atomic E-state index is -4.83. The van der Waals surface area contributed by atoms with E-state index in [1.807, 2.05) is 42.2 Å². The Labute approximate surface area is 253 Å². The van der Waals surface area contributed by atoms with Crippen LogP contribution in [0, 0.1) is 0 Å². The second kappa shape index (κ2) is 13.4. The Balaban J connectivity index is 1.56. The van der Waals surface area contributed by atoms with E-state index >= 15 is 0 Å². The second-order valence-corrected chi connectivity index (χ2v) is 11.6. The van der Waals surface area contributed by atoms with Gasteiger partial charge in [-0.25, -0.2) is 4.57 Å². The molecular formula is C33H30F3N2O5P. The molecule has 1 atom stereocenters. The molecule has 1 N–H and O–H groups in total. The van der Waals surface area contributed by atoms with Crippen molar-refractivity contribution in [1.82, 2.24) is 4.90 Å². The normalized spacial score (nSPS) is 16.4. The molecule has 0 bridgehead atoms. The number of nitrogens with zero attached hydrogens (tertiary/aromatic N) is 2. The van der Waals surface area contributed by atoms with Gasteiger partial charge in [0.05, 0.1) is 6.61 Å². The fourth-order valence-corrected chi connectivity index (χ4v) is 6.13. The van der Waals surface area contributed by atoms with Crippen LogP contribution in [0.4, 0.5) is 13.2 Å². The van der Waals surface area contributed by atoms with Crippen molar-refractivity contribution >= 4 is 19.2 Å². The van der Waals surface area contributed by atoms with E-state index in [-0.39, 0.29) is 31.4 Å². The number of amidine groups is 1. The van der Waals surface area contributed by atoms with E-state index in [1.54, 1.807) is 66.7 Å². The summed E-state index contributed by atoms with van der Waals surface area (Å²) in [6.45, 7) is 1.96. The van der Waals surface area contributed by atoms with Gasteiger partial charge in [-0.15, -0.1) is 17.9 Å². The topological polar surface area (TPSA) is 80.6 Å². The molecule has 0 saturated carbocycles. The number of para-hydroxylation sites is 2. The Morgan fingerprint density at radius 2 is 1.43 bits per heavy atom. The Morgan fingerprint density at radius 1 is 0.841 bits per heavy atom. The number of rotatable bonds is 10. The van der Waals surface area contributed by atoms with Crippen LogP contribution >= 0.6 is 7.75 Å². The van der Waals surface area contributed by atoms with Crippen LogP contribution < -0.4 is 13.8 Å². The maximum atomic E-state index is 14.4. The zero-order valence-electron chi connectivity index (χ0n) is 23.7. The highest BCUT2D eigenvalue weighted by molar-refractivity contribution is 7.53. The van der Waals surface area contributed by atoms with E-state index in [0.29, 0.717) is 22.9 Å². The van der Waals surface area contributed by atoms with E-state index in [2.05, 4.69) is 9.50 Å². The molecule has 44 heavy (non-hydrogen) atoms. The maximum Gasteiger partial charge on any atom is 0.573 e. The summed E-state index contributed by atoms with van der Waals surface area (Å²) in [7, 11) is -4.26. The summed E-state index contributed by atoms with van der Waals surface area (Å²) >= 11 is 0. The Hall–Kier alpha value is -4.53. The van der Waals surface area contributed by atoms with Crippen molar-refractivity contribution in [3.63, 3.8) is 0 Å². The molecule has 4 aromatic rings. The van der Waals surface area contributed by atoms with Crippen LogP contribution in [0.3, 0.4) is 0 Å². The number of alkyl halides is 3. The van der Waals surface area contributed by atoms with Gasteiger partial charge in [-0.05, 0) is 65.6 Å². The first-order chi connectivity index (χ1) is 21.1. The van der Waals surface area contributed by atoms with Crippen LogP contribution in [-0.2, 0) is 17.7 Å². The van der Waals surface area contributed by atoms with Gasteiger partial charge in [-0.2, -0.15) is 0 Å². The molecule has 0 spiro atoms. The van der Waals surface area contributed by atoms with Gasteiger partial charge >= 0.3 is 14.1 Å². The molecule has 0 amide bonds. The summed E-state index contributed by atoms with van der Waals surface area (Å²) in [6, 6.07) is 29.9. The predicted octanol–water partition coefficient (Wildman–Crippen LogP) is 8.42. The summed E-state index contributed by atoms with van der Waals surface area (Å²) in [5.74, 6) is 0.597. The van der Waals surface area contributed by atoms with E-state index in [4.69, 9.17) is 9.05 Å². The van der Waals surface area contributed by atoms with E-state index in [9.17, 15) is 22.8 Å². The molecule has 0 aromatic heterocycles. The van der Waals surface area contributed by atoms with Gasteiger partial charge in [0.2, 0.25) is 0 Å². The van der Waals surface area contributed by atoms with Crippen molar-refractivity contribution in [3.05, 3.63) is 132 Å². The second-order valence-electron chi connectivity index (χ2n) is 10.1. The monoisotopic (exact) mass is 622 g/mol. The number of hydrogen-bond acceptors (Lipinski definition) is 5. The SMILES string of the molecule is CC1C=C(c2ccc(CO)cc2)C/C(=N/P(=O)(Oc2ccccc2)Oc2ccccc2)N1Cc1cccc(OC(F)(F)F)c1. The standard InChI is InChI=1S/C33H30F3N2O5P/c1-24-19-28(27-17-15-25(23-39)16-18-27)21-32(38(24)22-26-9-8-14-31(20-26)41-33(34,35)36)37-44(40,42-29-10-4-2-5-11-29)43-30-12-6-3-7-13-30/h2-20,24,39H,21-23H2,1H3/b37-32-. The summed E-state index contributed by atoms with van der Waals surface area (Å²) < 4.78 is 73.8. The molecule has 228 valence electrons. The van der Waals surface area contributed by atoms with Crippen molar-refractivity contribution in [3.8, 4) is 17.2 Å². The fourth-order valence-electron chi connectivity index (χ4n) is 4.77. The lowest BCUT2D eigenvalue weighted by atomic mass is 9.94. The molecule has 1 aliphatic heterocycles. The molecule has 1 unspecified atom stereocenters. The van der Waals surface area contributed by atoms with Crippen LogP contribution in [-0.4, -0.2) is 28.2 Å². The number of halogens is 3. The van der Waals surface area contributed by atoms with Crippen molar-refractivity contribution in [2.24, 2.45) is 4.76 Å². The fraction of sp³-hybridized carbons (Fsp3) is 0.182. The predicted molar refractivity (Wildman–Crippen MR) is 162 cm³/mol. The Morgan fingerprint density at radius 3 is 2.00 bits per heavy atom. The molecular weight excluding hydrogens is 592 g/mol. The number of hydrogen-bond donors (Lipinski definition) is 1. The molecule has 1 aliphatic rings. The lowest BCUT2D eigenvalue weighted by Crippen LogP contribution is -2.40. The first-order valence-electron chi connectivity index (χ1n) is 13.8. The zero-order valence-corrected chi connectivity index (χ0v) is 24.6. The number of aliphatic hydroxyl groups is 1. The maximum absolute atomic E-state index is 14.4. The summed E-state index contributed by atoms with van der Waals surface area (Å²) in [4.78, 5) is 1.84. The Kier molecular flexibility index (Phi) is 9.42. The van der Waals surface area contributed by atoms with E-state index in [1.165, 1.54) is 18.2 Å².